The van der Waals surface area contributed by atoms with Crippen molar-refractivity contribution in [2.24, 2.45) is 0 Å². The van der Waals surface area contributed by atoms with Crippen LogP contribution in [0, 0.1) is 0 Å². The van der Waals surface area contributed by atoms with Crippen molar-refractivity contribution in [3.05, 3.63) is 43.5 Å². The van der Waals surface area contributed by atoms with Gasteiger partial charge in [-0.2, -0.15) is 0 Å². The van der Waals surface area contributed by atoms with Gasteiger partial charge in [-0.1, -0.05) is 28.9 Å². The van der Waals surface area contributed by atoms with Crippen LogP contribution in [-0.4, -0.2) is 15.0 Å². The number of halogens is 2. The molecule has 0 amide bonds. The largest absolute Gasteiger partial charge is 0.312 e. The quantitative estimate of drug-likeness (QED) is 0.689. The van der Waals surface area contributed by atoms with E-state index in [-0.39, 0.29) is 4.90 Å². The second-order valence-electron chi connectivity index (χ2n) is 4.25. The van der Waals surface area contributed by atoms with Crippen molar-refractivity contribution in [2.45, 2.75) is 18.4 Å². The number of benzene rings is 1. The molecule has 0 bridgehead atoms. The lowest BCUT2D eigenvalue weighted by molar-refractivity contribution is 0.601. The predicted octanol–water partition coefficient (Wildman–Crippen LogP) is 4.18. The van der Waals surface area contributed by atoms with Crippen LogP contribution in [0.15, 0.2) is 43.5 Å². The Balaban J connectivity index is 2.25. The fraction of sp³-hybridized carbons (Fsp3) is 0.231. The average molecular weight is 454 g/mol. The summed E-state index contributed by atoms with van der Waals surface area (Å²) in [7, 11) is -3.60. The maximum absolute atomic E-state index is 12.5. The summed E-state index contributed by atoms with van der Waals surface area (Å²) in [5.74, 6) is 0. The highest BCUT2D eigenvalue weighted by Crippen LogP contribution is 2.33. The van der Waals surface area contributed by atoms with Gasteiger partial charge < -0.3 is 5.32 Å². The second-order valence-corrected chi connectivity index (χ2v) is 9.27. The fourth-order valence-electron chi connectivity index (χ4n) is 1.68. The van der Waals surface area contributed by atoms with Crippen molar-refractivity contribution in [2.75, 3.05) is 11.3 Å². The molecule has 1 heterocycles. The third-order valence-corrected chi connectivity index (χ3v) is 6.75. The monoisotopic (exact) mass is 452 g/mol. The van der Waals surface area contributed by atoms with E-state index in [1.54, 1.807) is 24.3 Å². The van der Waals surface area contributed by atoms with E-state index in [0.29, 0.717) is 16.0 Å². The van der Waals surface area contributed by atoms with Gasteiger partial charge in [0.05, 0.1) is 3.79 Å². The number of rotatable bonds is 6. The Hall–Kier alpha value is -0.410. The van der Waals surface area contributed by atoms with E-state index in [1.807, 2.05) is 13.0 Å². The number of hydrogen-bond acceptors (Lipinski definition) is 4. The normalized spacial score (nSPS) is 11.6. The zero-order valence-electron chi connectivity index (χ0n) is 11.2. The lowest BCUT2D eigenvalue weighted by atomic mass is 10.3. The molecule has 0 aliphatic heterocycles. The molecule has 0 fully saturated rings. The molecule has 0 saturated carbocycles. The van der Waals surface area contributed by atoms with Crippen LogP contribution in [0.4, 0.5) is 5.69 Å². The maximum Gasteiger partial charge on any atom is 0.263 e. The molecular weight excluding hydrogens is 440 g/mol. The first-order valence-corrected chi connectivity index (χ1v) is 10.1. The summed E-state index contributed by atoms with van der Waals surface area (Å²) in [6.45, 7) is 3.51. The molecule has 2 aromatic rings. The zero-order valence-corrected chi connectivity index (χ0v) is 16.0. The van der Waals surface area contributed by atoms with E-state index in [9.17, 15) is 8.42 Å². The minimum Gasteiger partial charge on any atom is -0.312 e. The third-order valence-electron chi connectivity index (χ3n) is 2.62. The Morgan fingerprint density at radius 3 is 2.67 bits per heavy atom. The van der Waals surface area contributed by atoms with E-state index >= 15 is 0 Å². The van der Waals surface area contributed by atoms with Gasteiger partial charge in [0.1, 0.15) is 4.90 Å². The van der Waals surface area contributed by atoms with Crippen molar-refractivity contribution in [3.63, 3.8) is 0 Å². The molecule has 114 valence electrons. The van der Waals surface area contributed by atoms with Crippen LogP contribution in [-0.2, 0) is 16.6 Å². The third kappa shape index (κ3) is 4.53. The lowest BCUT2D eigenvalue weighted by Crippen LogP contribution is -2.13. The van der Waals surface area contributed by atoms with Crippen molar-refractivity contribution in [1.82, 2.24) is 5.32 Å². The number of anilines is 1. The molecule has 0 saturated heterocycles. The molecule has 0 radical (unpaired) electrons. The summed E-state index contributed by atoms with van der Waals surface area (Å²) in [5.41, 5.74) is 0.524. The average Bonchev–Trinajstić information content (AvgIpc) is 2.78. The standard InChI is InChI=1S/C13H14Br2N2O2S2/c1-2-16-8-11-7-12(13(15)20-11)21(18,19)17-10-5-3-4-9(14)6-10/h3-7,16-17H,2,8H2,1H3. The highest BCUT2D eigenvalue weighted by Gasteiger charge is 2.21. The minimum atomic E-state index is -3.60. The summed E-state index contributed by atoms with van der Waals surface area (Å²) in [4.78, 5) is 1.23. The summed E-state index contributed by atoms with van der Waals surface area (Å²) in [6.07, 6.45) is 0. The lowest BCUT2D eigenvalue weighted by Gasteiger charge is -2.07. The highest BCUT2D eigenvalue weighted by molar-refractivity contribution is 9.11. The summed E-state index contributed by atoms with van der Waals surface area (Å²) in [5, 5.41) is 3.18. The second kappa shape index (κ2) is 7.23. The van der Waals surface area contributed by atoms with E-state index < -0.39 is 10.0 Å². The molecule has 0 spiro atoms. The van der Waals surface area contributed by atoms with Gasteiger partial charge in [-0.05, 0) is 46.7 Å². The van der Waals surface area contributed by atoms with Crippen LogP contribution >= 0.6 is 43.2 Å². The van der Waals surface area contributed by atoms with Gasteiger partial charge in [0.15, 0.2) is 0 Å². The molecule has 1 aromatic heterocycles. The number of thiophene rings is 1. The molecule has 21 heavy (non-hydrogen) atoms. The zero-order chi connectivity index (χ0) is 15.5. The summed E-state index contributed by atoms with van der Waals surface area (Å²) in [6, 6.07) is 8.74. The van der Waals surface area contributed by atoms with Crippen LogP contribution in [0.5, 0.6) is 0 Å². The van der Waals surface area contributed by atoms with Crippen LogP contribution in [0.2, 0.25) is 0 Å². The van der Waals surface area contributed by atoms with Crippen molar-refractivity contribution < 1.29 is 8.42 Å². The topological polar surface area (TPSA) is 58.2 Å². The maximum atomic E-state index is 12.5. The molecule has 0 aliphatic carbocycles. The molecule has 4 nitrogen and oxygen atoms in total. The SMILES string of the molecule is CCNCc1cc(S(=O)(=O)Nc2cccc(Br)c2)c(Br)s1. The summed E-state index contributed by atoms with van der Waals surface area (Å²) >= 11 is 8.08. The van der Waals surface area contributed by atoms with Crippen molar-refractivity contribution in [3.8, 4) is 0 Å². The molecule has 8 heteroatoms. The first-order chi connectivity index (χ1) is 9.92. The Morgan fingerprint density at radius 1 is 1.24 bits per heavy atom. The number of hydrogen-bond donors (Lipinski definition) is 2. The smallest absolute Gasteiger partial charge is 0.263 e. The molecule has 0 aliphatic rings. The number of sulfonamides is 1. The minimum absolute atomic E-state index is 0.264. The van der Waals surface area contributed by atoms with Crippen LogP contribution < -0.4 is 10.0 Å². The van der Waals surface area contributed by atoms with Gasteiger partial charge in [-0.15, -0.1) is 11.3 Å². The highest BCUT2D eigenvalue weighted by atomic mass is 79.9. The molecule has 0 atom stereocenters. The van der Waals surface area contributed by atoms with E-state index in [0.717, 1.165) is 15.9 Å². The number of nitrogens with one attached hydrogen (secondary N) is 2. The van der Waals surface area contributed by atoms with Crippen LogP contribution in [0.3, 0.4) is 0 Å². The van der Waals surface area contributed by atoms with E-state index in [4.69, 9.17) is 0 Å². The Bertz CT molecular complexity index is 730. The van der Waals surface area contributed by atoms with E-state index in [1.165, 1.54) is 11.3 Å². The Kier molecular flexibility index (Phi) is 5.84. The van der Waals surface area contributed by atoms with Crippen LogP contribution in [0.25, 0.3) is 0 Å². The molecule has 2 rings (SSSR count). The summed E-state index contributed by atoms with van der Waals surface area (Å²) < 4.78 is 28.9. The van der Waals surface area contributed by atoms with Gasteiger partial charge in [-0.25, -0.2) is 8.42 Å². The fourth-order valence-corrected chi connectivity index (χ4v) is 5.78. The Labute approximate surface area is 145 Å². The van der Waals surface area contributed by atoms with Gasteiger partial charge in [0.25, 0.3) is 10.0 Å². The van der Waals surface area contributed by atoms with Crippen molar-refractivity contribution in [1.29, 1.82) is 0 Å². The molecule has 2 N–H and O–H groups in total. The van der Waals surface area contributed by atoms with E-state index in [2.05, 4.69) is 41.9 Å². The first kappa shape index (κ1) is 17.0. The molecular formula is C13H14Br2N2O2S2. The van der Waals surface area contributed by atoms with Gasteiger partial charge >= 0.3 is 0 Å². The predicted molar refractivity (Wildman–Crippen MR) is 94.4 cm³/mol. The van der Waals surface area contributed by atoms with Gasteiger partial charge in [0, 0.05) is 21.6 Å². The van der Waals surface area contributed by atoms with Crippen molar-refractivity contribution >= 4 is 58.9 Å². The molecule has 0 unspecified atom stereocenters. The Morgan fingerprint density at radius 2 is 2.00 bits per heavy atom. The van der Waals surface area contributed by atoms with Crippen LogP contribution in [0.1, 0.15) is 11.8 Å². The van der Waals surface area contributed by atoms with Gasteiger partial charge in [-0.3, -0.25) is 4.72 Å². The molecule has 1 aromatic carbocycles. The first-order valence-electron chi connectivity index (χ1n) is 6.19. The van der Waals surface area contributed by atoms with Gasteiger partial charge in [0.2, 0.25) is 0 Å².